The number of halogens is 7. The van der Waals surface area contributed by atoms with Crippen LogP contribution >= 0.6 is 0 Å². The van der Waals surface area contributed by atoms with E-state index in [1.54, 1.807) is 6.92 Å². The second-order valence-electron chi connectivity index (χ2n) is 8.48. The van der Waals surface area contributed by atoms with Crippen LogP contribution in [0.15, 0.2) is 36.4 Å². The molecule has 0 unspecified atom stereocenters. The summed E-state index contributed by atoms with van der Waals surface area (Å²) in [4.78, 5) is 5.13. The molecule has 36 heavy (non-hydrogen) atoms. The first-order valence-corrected chi connectivity index (χ1v) is 10.8. The van der Waals surface area contributed by atoms with Gasteiger partial charge in [0.15, 0.2) is 0 Å². The molecule has 1 aliphatic carbocycles. The average molecular weight is 507 g/mol. The highest BCUT2D eigenvalue weighted by atomic mass is 19.4. The molecule has 1 saturated carbocycles. The summed E-state index contributed by atoms with van der Waals surface area (Å²) < 4.78 is 98.1. The second kappa shape index (κ2) is 8.36. The molecule has 0 saturated heterocycles. The van der Waals surface area contributed by atoms with Crippen LogP contribution in [0, 0.1) is 35.8 Å². The van der Waals surface area contributed by atoms with Crippen LogP contribution in [0.2, 0.25) is 0 Å². The van der Waals surface area contributed by atoms with E-state index in [0.29, 0.717) is 5.82 Å². The number of alkyl halides is 5. The Kier molecular flexibility index (Phi) is 5.54. The second-order valence-corrected chi connectivity index (χ2v) is 8.48. The summed E-state index contributed by atoms with van der Waals surface area (Å²) in [6.45, 7) is 0.594. The van der Waals surface area contributed by atoms with E-state index < -0.39 is 36.2 Å². The lowest BCUT2D eigenvalue weighted by atomic mass is 10.1. The summed E-state index contributed by atoms with van der Waals surface area (Å²) in [6, 6.07) is 7.04. The summed E-state index contributed by atoms with van der Waals surface area (Å²) in [7, 11) is 0. The van der Waals surface area contributed by atoms with E-state index in [-0.39, 0.29) is 46.6 Å². The van der Waals surface area contributed by atoms with Crippen LogP contribution in [0.25, 0.3) is 16.7 Å². The molecule has 1 fully saturated rings. The molecule has 0 amide bonds. The van der Waals surface area contributed by atoms with Crippen molar-refractivity contribution in [1.29, 1.82) is 0 Å². The van der Waals surface area contributed by atoms with Gasteiger partial charge in [-0.25, -0.2) is 17.6 Å². The predicted octanol–water partition coefficient (Wildman–Crippen LogP) is 5.96. The molecular weight excluding hydrogens is 491 g/mol. The van der Waals surface area contributed by atoms with Crippen LogP contribution in [0.4, 0.5) is 42.2 Å². The Morgan fingerprint density at radius 1 is 1.11 bits per heavy atom. The van der Waals surface area contributed by atoms with Gasteiger partial charge in [0.05, 0.1) is 17.4 Å². The number of anilines is 2. The highest BCUT2D eigenvalue weighted by Crippen LogP contribution is 2.57. The van der Waals surface area contributed by atoms with Gasteiger partial charge in [0.1, 0.15) is 28.7 Å². The lowest BCUT2D eigenvalue weighted by Gasteiger charge is -2.25. The quantitative estimate of drug-likeness (QED) is 0.253. The maximum atomic E-state index is 15.0. The van der Waals surface area contributed by atoms with Crippen molar-refractivity contribution in [1.82, 2.24) is 19.6 Å². The molecule has 5 rings (SSSR count). The zero-order chi connectivity index (χ0) is 25.8. The minimum Gasteiger partial charge on any atom is -0.320 e. The third kappa shape index (κ3) is 4.08. The highest BCUT2D eigenvalue weighted by molar-refractivity contribution is 5.94. The first kappa shape index (κ1) is 23.8. The standard InChI is InChI=1S/C24H16F7N5/c1-13-33-34-22-32-21(20-17(26)3-2-4-18(20)36(13)22)35(12-19(27)28)16-10-14(9-15(25)11-16)5-6-23(7-8-23)24(29,30)31/h2-4,9-11,19H,7-8,12H2,1H3. The summed E-state index contributed by atoms with van der Waals surface area (Å²) in [5.74, 6) is 2.89. The Bertz CT molecular complexity index is 1540. The van der Waals surface area contributed by atoms with Gasteiger partial charge >= 0.3 is 6.18 Å². The van der Waals surface area contributed by atoms with Crippen molar-refractivity contribution in [3.05, 3.63) is 59.4 Å². The van der Waals surface area contributed by atoms with E-state index >= 15 is 4.39 Å². The molecule has 4 aromatic rings. The van der Waals surface area contributed by atoms with Gasteiger partial charge in [-0.3, -0.25) is 4.40 Å². The molecule has 0 bridgehead atoms. The number of rotatable bonds is 4. The van der Waals surface area contributed by atoms with Crippen molar-refractivity contribution >= 4 is 28.2 Å². The normalized spacial score (nSPS) is 14.8. The van der Waals surface area contributed by atoms with Crippen molar-refractivity contribution in [2.24, 2.45) is 5.41 Å². The topological polar surface area (TPSA) is 46.3 Å². The number of hydrogen-bond acceptors (Lipinski definition) is 4. The van der Waals surface area contributed by atoms with Crippen molar-refractivity contribution in [2.75, 3.05) is 11.4 Å². The van der Waals surface area contributed by atoms with E-state index in [0.717, 1.165) is 23.1 Å². The molecule has 2 heterocycles. The van der Waals surface area contributed by atoms with Gasteiger partial charge in [-0.2, -0.15) is 18.2 Å². The van der Waals surface area contributed by atoms with Gasteiger partial charge < -0.3 is 4.90 Å². The minimum atomic E-state index is -4.54. The zero-order valence-corrected chi connectivity index (χ0v) is 18.5. The fraction of sp³-hybridized carbons (Fsp3) is 0.292. The fourth-order valence-corrected chi connectivity index (χ4v) is 4.02. The van der Waals surface area contributed by atoms with Crippen molar-refractivity contribution in [3.8, 4) is 11.8 Å². The van der Waals surface area contributed by atoms with E-state index in [4.69, 9.17) is 0 Å². The third-order valence-electron chi connectivity index (χ3n) is 5.98. The molecule has 1 aliphatic rings. The molecule has 2 aromatic carbocycles. The van der Waals surface area contributed by atoms with E-state index in [9.17, 15) is 26.3 Å². The molecule has 0 aliphatic heterocycles. The minimum absolute atomic E-state index is 0.00265. The summed E-state index contributed by atoms with van der Waals surface area (Å²) in [5.41, 5.74) is -2.24. The summed E-state index contributed by atoms with van der Waals surface area (Å²) >= 11 is 0. The molecule has 0 radical (unpaired) electrons. The Balaban J connectivity index is 1.70. The first-order chi connectivity index (χ1) is 17.0. The van der Waals surface area contributed by atoms with Crippen molar-refractivity contribution < 1.29 is 30.7 Å². The number of aromatic nitrogens is 4. The maximum Gasteiger partial charge on any atom is 0.405 e. The molecule has 0 atom stereocenters. The maximum absolute atomic E-state index is 15.0. The molecule has 5 nitrogen and oxygen atoms in total. The molecular formula is C24H16F7N5. The molecule has 0 N–H and O–H groups in total. The molecule has 12 heteroatoms. The molecule has 2 aromatic heterocycles. The van der Waals surface area contributed by atoms with Crippen molar-refractivity contribution in [2.45, 2.75) is 32.4 Å². The SMILES string of the molecule is Cc1nnc2nc(N(CC(F)F)c3cc(F)cc(C#CC4(C(F)(F)F)CC4)c3)c3c(F)cccc3n12. The van der Waals surface area contributed by atoms with Crippen LogP contribution in [0.3, 0.4) is 0 Å². The number of hydrogen-bond donors (Lipinski definition) is 0. The average Bonchev–Trinajstić information content (AvgIpc) is 3.52. The van der Waals surface area contributed by atoms with Crippen LogP contribution < -0.4 is 4.90 Å². The first-order valence-electron chi connectivity index (χ1n) is 10.8. The fourth-order valence-electron chi connectivity index (χ4n) is 4.02. The third-order valence-corrected chi connectivity index (χ3v) is 5.98. The lowest BCUT2D eigenvalue weighted by molar-refractivity contribution is -0.168. The Morgan fingerprint density at radius 2 is 1.86 bits per heavy atom. The lowest BCUT2D eigenvalue weighted by Crippen LogP contribution is -2.26. The van der Waals surface area contributed by atoms with E-state index in [2.05, 4.69) is 27.0 Å². The number of aryl methyl sites for hydroxylation is 1. The van der Waals surface area contributed by atoms with Crippen LogP contribution in [0.5, 0.6) is 0 Å². The van der Waals surface area contributed by atoms with Crippen LogP contribution in [-0.2, 0) is 0 Å². The number of benzene rings is 2. The zero-order valence-electron chi connectivity index (χ0n) is 18.5. The van der Waals surface area contributed by atoms with Gasteiger partial charge in [-0.1, -0.05) is 17.9 Å². The predicted molar refractivity (Wildman–Crippen MR) is 117 cm³/mol. The monoisotopic (exact) mass is 507 g/mol. The highest BCUT2D eigenvalue weighted by Gasteiger charge is 2.62. The Morgan fingerprint density at radius 3 is 2.53 bits per heavy atom. The Hall–Kier alpha value is -3.88. The van der Waals surface area contributed by atoms with E-state index in [1.807, 2.05) is 0 Å². The van der Waals surface area contributed by atoms with Gasteiger partial charge in [-0.15, -0.1) is 10.2 Å². The van der Waals surface area contributed by atoms with Crippen LogP contribution in [-0.4, -0.2) is 38.7 Å². The largest absolute Gasteiger partial charge is 0.405 e. The van der Waals surface area contributed by atoms with Crippen LogP contribution in [0.1, 0.15) is 24.2 Å². The molecule has 0 spiro atoms. The number of fused-ring (bicyclic) bond motifs is 3. The smallest absolute Gasteiger partial charge is 0.320 e. The van der Waals surface area contributed by atoms with Gasteiger partial charge in [0.25, 0.3) is 12.2 Å². The number of nitrogens with zero attached hydrogens (tertiary/aromatic N) is 5. The summed E-state index contributed by atoms with van der Waals surface area (Å²) in [6.07, 6.45) is -7.83. The summed E-state index contributed by atoms with van der Waals surface area (Å²) in [5, 5.41) is 7.66. The van der Waals surface area contributed by atoms with Crippen molar-refractivity contribution in [3.63, 3.8) is 0 Å². The molecule has 186 valence electrons. The Labute approximate surface area is 199 Å². The van der Waals surface area contributed by atoms with Gasteiger partial charge in [0.2, 0.25) is 0 Å². The van der Waals surface area contributed by atoms with Gasteiger partial charge in [0, 0.05) is 11.3 Å². The van der Waals surface area contributed by atoms with Gasteiger partial charge in [-0.05, 0) is 50.1 Å². The van der Waals surface area contributed by atoms with E-state index in [1.165, 1.54) is 22.6 Å².